The van der Waals surface area contributed by atoms with Gasteiger partial charge in [0.15, 0.2) is 0 Å². The van der Waals surface area contributed by atoms with Crippen molar-refractivity contribution in [1.29, 1.82) is 0 Å². The first kappa shape index (κ1) is 13.3. The van der Waals surface area contributed by atoms with Crippen molar-refractivity contribution >= 4 is 17.5 Å². The maximum Gasteiger partial charge on any atom is 0.254 e. The molecule has 2 rings (SSSR count). The molecule has 1 aliphatic carbocycles. The zero-order chi connectivity index (χ0) is 13.3. The smallest absolute Gasteiger partial charge is 0.254 e. The van der Waals surface area contributed by atoms with Gasteiger partial charge >= 0.3 is 0 Å². The van der Waals surface area contributed by atoms with Crippen LogP contribution in [0.2, 0.25) is 5.02 Å². The lowest BCUT2D eigenvalue weighted by atomic mass is 9.92. The summed E-state index contributed by atoms with van der Waals surface area (Å²) in [6.45, 7) is 4.37. The summed E-state index contributed by atoms with van der Waals surface area (Å²) in [4.78, 5) is 11.9. The van der Waals surface area contributed by atoms with E-state index in [1.54, 1.807) is 0 Å². The molecular formula is C14H17ClFNO. The van der Waals surface area contributed by atoms with E-state index in [1.165, 1.54) is 12.1 Å². The minimum atomic E-state index is -0.572. The van der Waals surface area contributed by atoms with Crippen molar-refractivity contribution in [3.63, 3.8) is 0 Å². The molecule has 0 saturated heterocycles. The molecule has 1 aromatic rings. The van der Waals surface area contributed by atoms with E-state index < -0.39 is 5.82 Å². The van der Waals surface area contributed by atoms with Gasteiger partial charge in [-0.15, -0.1) is 0 Å². The molecule has 1 unspecified atom stereocenters. The second-order valence-electron chi connectivity index (χ2n) is 5.70. The van der Waals surface area contributed by atoms with Crippen LogP contribution in [-0.4, -0.2) is 11.9 Å². The summed E-state index contributed by atoms with van der Waals surface area (Å²) in [6, 6.07) is 4.25. The van der Waals surface area contributed by atoms with Crippen LogP contribution in [0.15, 0.2) is 18.2 Å². The standard InChI is InChI=1S/C14H17ClFNO/c1-14(2)6-5-10(8-14)17-13(18)11-4-3-9(15)7-12(11)16/h3-4,7,10H,5-6,8H2,1-2H3,(H,17,18). The number of rotatable bonds is 2. The lowest BCUT2D eigenvalue weighted by molar-refractivity contribution is 0.0932. The van der Waals surface area contributed by atoms with Gasteiger partial charge in [-0.1, -0.05) is 25.4 Å². The molecule has 0 aromatic heterocycles. The third kappa shape index (κ3) is 3.02. The predicted octanol–water partition coefficient (Wildman–Crippen LogP) is 3.79. The average molecular weight is 270 g/mol. The third-order valence-electron chi connectivity index (χ3n) is 3.48. The van der Waals surface area contributed by atoms with E-state index in [9.17, 15) is 9.18 Å². The molecule has 0 radical (unpaired) electrons. The normalized spacial score (nSPS) is 21.9. The summed E-state index contributed by atoms with van der Waals surface area (Å²) in [5.74, 6) is -0.927. The molecule has 1 aliphatic rings. The summed E-state index contributed by atoms with van der Waals surface area (Å²) in [7, 11) is 0. The van der Waals surface area contributed by atoms with Gasteiger partial charge in [-0.05, 0) is 42.9 Å². The van der Waals surface area contributed by atoms with Crippen molar-refractivity contribution in [3.8, 4) is 0 Å². The molecule has 4 heteroatoms. The van der Waals surface area contributed by atoms with E-state index in [2.05, 4.69) is 19.2 Å². The highest BCUT2D eigenvalue weighted by Crippen LogP contribution is 2.37. The Morgan fingerprint density at radius 1 is 1.50 bits per heavy atom. The van der Waals surface area contributed by atoms with Crippen molar-refractivity contribution in [3.05, 3.63) is 34.6 Å². The van der Waals surface area contributed by atoms with Gasteiger partial charge in [0, 0.05) is 11.1 Å². The Bertz CT molecular complexity index is 473. The van der Waals surface area contributed by atoms with Crippen LogP contribution >= 0.6 is 11.6 Å². The Balaban J connectivity index is 2.04. The van der Waals surface area contributed by atoms with Crippen LogP contribution in [0.1, 0.15) is 43.5 Å². The molecule has 1 fully saturated rings. The highest BCUT2D eigenvalue weighted by molar-refractivity contribution is 6.30. The first-order valence-corrected chi connectivity index (χ1v) is 6.51. The van der Waals surface area contributed by atoms with Crippen molar-refractivity contribution < 1.29 is 9.18 Å². The first-order chi connectivity index (χ1) is 8.37. The van der Waals surface area contributed by atoms with Crippen LogP contribution in [0.4, 0.5) is 4.39 Å². The van der Waals surface area contributed by atoms with Crippen molar-refractivity contribution in [1.82, 2.24) is 5.32 Å². The van der Waals surface area contributed by atoms with Crippen LogP contribution in [-0.2, 0) is 0 Å². The van der Waals surface area contributed by atoms with Crippen molar-refractivity contribution in [2.75, 3.05) is 0 Å². The van der Waals surface area contributed by atoms with Crippen LogP contribution < -0.4 is 5.32 Å². The number of amides is 1. The van der Waals surface area contributed by atoms with Gasteiger partial charge in [-0.2, -0.15) is 0 Å². The monoisotopic (exact) mass is 269 g/mol. The lowest BCUT2D eigenvalue weighted by Crippen LogP contribution is -2.34. The molecule has 2 nitrogen and oxygen atoms in total. The Morgan fingerprint density at radius 2 is 2.22 bits per heavy atom. The van der Waals surface area contributed by atoms with E-state index >= 15 is 0 Å². The number of nitrogens with one attached hydrogen (secondary N) is 1. The molecule has 0 bridgehead atoms. The largest absolute Gasteiger partial charge is 0.349 e. The number of carbonyl (C=O) groups excluding carboxylic acids is 1. The molecule has 1 atom stereocenters. The van der Waals surface area contributed by atoms with E-state index in [0.717, 1.165) is 25.3 Å². The maximum absolute atomic E-state index is 13.6. The fraction of sp³-hybridized carbons (Fsp3) is 0.500. The molecule has 18 heavy (non-hydrogen) atoms. The molecule has 0 heterocycles. The second kappa shape index (κ2) is 4.88. The topological polar surface area (TPSA) is 29.1 Å². The average Bonchev–Trinajstić information content (AvgIpc) is 2.57. The maximum atomic E-state index is 13.6. The fourth-order valence-corrected chi connectivity index (χ4v) is 2.65. The Kier molecular flexibility index (Phi) is 3.62. The number of carbonyl (C=O) groups is 1. The summed E-state index contributed by atoms with van der Waals surface area (Å²) in [5, 5.41) is 3.19. The lowest BCUT2D eigenvalue weighted by Gasteiger charge is -2.18. The Morgan fingerprint density at radius 3 is 2.78 bits per heavy atom. The van der Waals surface area contributed by atoms with E-state index in [1.807, 2.05) is 0 Å². The minimum Gasteiger partial charge on any atom is -0.349 e. The zero-order valence-corrected chi connectivity index (χ0v) is 11.4. The fourth-order valence-electron chi connectivity index (χ4n) is 2.50. The minimum absolute atomic E-state index is 0.0594. The SMILES string of the molecule is CC1(C)CCC(NC(=O)c2ccc(Cl)cc2F)C1. The van der Waals surface area contributed by atoms with Gasteiger partial charge in [0.25, 0.3) is 5.91 Å². The molecule has 1 aromatic carbocycles. The highest BCUT2D eigenvalue weighted by Gasteiger charge is 2.32. The molecule has 1 saturated carbocycles. The first-order valence-electron chi connectivity index (χ1n) is 6.13. The van der Waals surface area contributed by atoms with Crippen LogP contribution in [0.3, 0.4) is 0 Å². The second-order valence-corrected chi connectivity index (χ2v) is 6.14. The number of hydrogen-bond acceptors (Lipinski definition) is 1. The van der Waals surface area contributed by atoms with E-state index in [4.69, 9.17) is 11.6 Å². The summed E-state index contributed by atoms with van der Waals surface area (Å²) in [5.41, 5.74) is 0.320. The van der Waals surface area contributed by atoms with Gasteiger partial charge in [0.1, 0.15) is 5.82 Å². The van der Waals surface area contributed by atoms with E-state index in [-0.39, 0.29) is 22.9 Å². The molecule has 98 valence electrons. The third-order valence-corrected chi connectivity index (χ3v) is 3.71. The summed E-state index contributed by atoms with van der Waals surface area (Å²) >= 11 is 5.66. The van der Waals surface area contributed by atoms with Gasteiger partial charge in [0.05, 0.1) is 5.56 Å². The predicted molar refractivity (Wildman–Crippen MR) is 70.3 cm³/mol. The molecule has 0 spiro atoms. The van der Waals surface area contributed by atoms with Crippen molar-refractivity contribution in [2.24, 2.45) is 5.41 Å². The van der Waals surface area contributed by atoms with Gasteiger partial charge in [-0.25, -0.2) is 4.39 Å². The van der Waals surface area contributed by atoms with E-state index in [0.29, 0.717) is 5.02 Å². The summed E-state index contributed by atoms with van der Waals surface area (Å²) in [6.07, 6.45) is 2.98. The molecule has 1 amide bonds. The zero-order valence-electron chi connectivity index (χ0n) is 10.6. The number of hydrogen-bond donors (Lipinski definition) is 1. The quantitative estimate of drug-likeness (QED) is 0.870. The van der Waals surface area contributed by atoms with Crippen LogP contribution in [0.5, 0.6) is 0 Å². The molecular weight excluding hydrogens is 253 g/mol. The number of benzene rings is 1. The molecule has 1 N–H and O–H groups in total. The van der Waals surface area contributed by atoms with Crippen LogP contribution in [0.25, 0.3) is 0 Å². The van der Waals surface area contributed by atoms with Gasteiger partial charge in [0.2, 0.25) is 0 Å². The number of halogens is 2. The highest BCUT2D eigenvalue weighted by atomic mass is 35.5. The molecule has 0 aliphatic heterocycles. The Hall–Kier alpha value is -1.09. The van der Waals surface area contributed by atoms with Crippen molar-refractivity contribution in [2.45, 2.75) is 39.2 Å². The Labute approximate surface area is 112 Å². The van der Waals surface area contributed by atoms with Crippen LogP contribution in [0, 0.1) is 11.2 Å². The van der Waals surface area contributed by atoms with Gasteiger partial charge < -0.3 is 5.32 Å². The summed E-state index contributed by atoms with van der Waals surface area (Å²) < 4.78 is 13.6. The van der Waals surface area contributed by atoms with Gasteiger partial charge in [-0.3, -0.25) is 4.79 Å².